The monoisotopic (exact) mass is 280 g/mol. The maximum absolute atomic E-state index is 13.9. The second-order valence-corrected chi connectivity index (χ2v) is 6.02. The third-order valence-corrected chi connectivity index (χ3v) is 4.49. The van der Waals surface area contributed by atoms with Crippen LogP contribution in [0, 0.1) is 17.6 Å². The zero-order valence-electron chi connectivity index (χ0n) is 11.6. The molecular formula is C15H18F2N2O. The number of benzene rings is 1. The highest BCUT2D eigenvalue weighted by atomic mass is 19.1. The third kappa shape index (κ3) is 1.69. The molecule has 3 rings (SSSR count). The Morgan fingerprint density at radius 3 is 2.80 bits per heavy atom. The van der Waals surface area contributed by atoms with Gasteiger partial charge < -0.3 is 10.6 Å². The van der Waals surface area contributed by atoms with Crippen LogP contribution in [0.4, 0.5) is 14.5 Å². The van der Waals surface area contributed by atoms with E-state index in [2.05, 4.69) is 10.6 Å². The Morgan fingerprint density at radius 1 is 1.35 bits per heavy atom. The molecule has 2 aliphatic rings. The summed E-state index contributed by atoms with van der Waals surface area (Å²) in [5.41, 5.74) is -0.248. The van der Waals surface area contributed by atoms with E-state index >= 15 is 0 Å². The highest BCUT2D eigenvalue weighted by Gasteiger charge is 2.54. The second-order valence-electron chi connectivity index (χ2n) is 6.02. The maximum atomic E-state index is 13.9. The summed E-state index contributed by atoms with van der Waals surface area (Å²) in [7, 11) is 0. The number of nitrogens with one attached hydrogen (secondary N) is 2. The molecule has 0 aliphatic carbocycles. The minimum Gasteiger partial charge on any atom is -0.322 e. The number of rotatable bonds is 1. The standard InChI is InChI=1S/C15H18F2N2O/c1-8(2)13-15(4-3-5-18-13)10-6-9(16)7-11(17)12(10)19-14(15)20/h6-8,13,18H,3-5H2,1-2H3,(H,19,20)/t13-,15?/m1/s1. The molecule has 5 heteroatoms. The van der Waals surface area contributed by atoms with E-state index in [0.717, 1.165) is 19.0 Å². The zero-order valence-corrected chi connectivity index (χ0v) is 11.6. The number of hydrogen-bond donors (Lipinski definition) is 2. The quantitative estimate of drug-likeness (QED) is 0.830. The number of carbonyl (C=O) groups is 1. The Labute approximate surface area is 116 Å². The van der Waals surface area contributed by atoms with Crippen LogP contribution in [-0.2, 0) is 10.2 Å². The van der Waals surface area contributed by atoms with Crippen LogP contribution >= 0.6 is 0 Å². The number of halogens is 2. The Bertz CT molecular complexity index is 573. The smallest absolute Gasteiger partial charge is 0.236 e. The van der Waals surface area contributed by atoms with E-state index in [1.54, 1.807) is 0 Å². The van der Waals surface area contributed by atoms with E-state index in [0.29, 0.717) is 12.0 Å². The molecular weight excluding hydrogens is 262 g/mol. The van der Waals surface area contributed by atoms with Crippen molar-refractivity contribution in [1.29, 1.82) is 0 Å². The van der Waals surface area contributed by atoms with E-state index in [-0.39, 0.29) is 23.6 Å². The van der Waals surface area contributed by atoms with Crippen molar-refractivity contribution in [3.05, 3.63) is 29.3 Å². The molecule has 2 atom stereocenters. The van der Waals surface area contributed by atoms with Crippen molar-refractivity contribution in [3.63, 3.8) is 0 Å². The normalized spacial score (nSPS) is 28.9. The van der Waals surface area contributed by atoms with Crippen molar-refractivity contribution in [2.45, 2.75) is 38.1 Å². The molecule has 1 amide bonds. The van der Waals surface area contributed by atoms with Gasteiger partial charge in [-0.15, -0.1) is 0 Å². The van der Waals surface area contributed by atoms with E-state index in [9.17, 15) is 13.6 Å². The second kappa shape index (κ2) is 4.52. The average Bonchev–Trinajstić information content (AvgIpc) is 2.65. The number of amides is 1. The third-order valence-electron chi connectivity index (χ3n) is 4.49. The van der Waals surface area contributed by atoms with Crippen LogP contribution in [0.3, 0.4) is 0 Å². The summed E-state index contributed by atoms with van der Waals surface area (Å²) in [4.78, 5) is 12.5. The summed E-state index contributed by atoms with van der Waals surface area (Å²) < 4.78 is 27.5. The SMILES string of the molecule is CC(C)[C@H]1NCCCC12C(=O)Nc1c(F)cc(F)cc12. The molecule has 2 N–H and O–H groups in total. The predicted octanol–water partition coefficient (Wildman–Crippen LogP) is 2.56. The molecule has 0 aromatic heterocycles. The topological polar surface area (TPSA) is 41.1 Å². The molecule has 0 bridgehead atoms. The lowest BCUT2D eigenvalue weighted by Crippen LogP contribution is -2.58. The van der Waals surface area contributed by atoms with Crippen molar-refractivity contribution in [1.82, 2.24) is 5.32 Å². The van der Waals surface area contributed by atoms with Gasteiger partial charge in [-0.05, 0) is 36.9 Å². The van der Waals surface area contributed by atoms with Crippen LogP contribution in [0.15, 0.2) is 12.1 Å². The number of carbonyl (C=O) groups excluding carboxylic acids is 1. The Balaban J connectivity index is 2.21. The first kappa shape index (κ1) is 13.5. The summed E-state index contributed by atoms with van der Waals surface area (Å²) >= 11 is 0. The van der Waals surface area contributed by atoms with E-state index in [4.69, 9.17) is 0 Å². The molecule has 1 aromatic rings. The van der Waals surface area contributed by atoms with Crippen LogP contribution in [0.2, 0.25) is 0 Å². The first-order valence-corrected chi connectivity index (χ1v) is 7.01. The number of hydrogen-bond acceptors (Lipinski definition) is 2. The fourth-order valence-electron chi connectivity index (χ4n) is 3.72. The largest absolute Gasteiger partial charge is 0.322 e. The molecule has 0 saturated carbocycles. The summed E-state index contributed by atoms with van der Waals surface area (Å²) in [6.45, 7) is 4.86. The van der Waals surface area contributed by atoms with Gasteiger partial charge >= 0.3 is 0 Å². The van der Waals surface area contributed by atoms with Gasteiger partial charge in [0.1, 0.15) is 11.6 Å². The van der Waals surface area contributed by atoms with Crippen molar-refractivity contribution in [2.24, 2.45) is 5.92 Å². The Hall–Kier alpha value is -1.49. The molecule has 1 unspecified atom stereocenters. The summed E-state index contributed by atoms with van der Waals surface area (Å²) in [5, 5.41) is 5.97. The molecule has 20 heavy (non-hydrogen) atoms. The minimum atomic E-state index is -0.856. The van der Waals surface area contributed by atoms with Crippen LogP contribution in [0.25, 0.3) is 0 Å². The highest BCUT2D eigenvalue weighted by molar-refractivity contribution is 6.07. The van der Waals surface area contributed by atoms with E-state index < -0.39 is 17.0 Å². The zero-order chi connectivity index (χ0) is 14.5. The van der Waals surface area contributed by atoms with Gasteiger partial charge in [-0.2, -0.15) is 0 Å². The van der Waals surface area contributed by atoms with E-state index in [1.807, 2.05) is 13.8 Å². The average molecular weight is 280 g/mol. The maximum Gasteiger partial charge on any atom is 0.236 e. The summed E-state index contributed by atoms with van der Waals surface area (Å²) in [6.07, 6.45) is 1.43. The highest BCUT2D eigenvalue weighted by Crippen LogP contribution is 2.47. The molecule has 1 saturated heterocycles. The van der Waals surface area contributed by atoms with Crippen LogP contribution in [-0.4, -0.2) is 18.5 Å². The fourth-order valence-corrected chi connectivity index (χ4v) is 3.72. The minimum absolute atomic E-state index is 0.112. The van der Waals surface area contributed by atoms with Gasteiger partial charge in [-0.25, -0.2) is 8.78 Å². The summed E-state index contributed by atoms with van der Waals surface area (Å²) in [6, 6.07) is 2.01. The van der Waals surface area contributed by atoms with Gasteiger partial charge in [0.05, 0.1) is 11.1 Å². The lowest BCUT2D eigenvalue weighted by molar-refractivity contribution is -0.123. The molecule has 2 heterocycles. The number of piperidine rings is 1. The van der Waals surface area contributed by atoms with Crippen LogP contribution < -0.4 is 10.6 Å². The van der Waals surface area contributed by atoms with Gasteiger partial charge in [0, 0.05) is 12.1 Å². The van der Waals surface area contributed by atoms with Gasteiger partial charge in [0.2, 0.25) is 5.91 Å². The van der Waals surface area contributed by atoms with Crippen molar-refractivity contribution >= 4 is 11.6 Å². The molecule has 3 nitrogen and oxygen atoms in total. The molecule has 2 aliphatic heterocycles. The number of fused-ring (bicyclic) bond motifs is 2. The molecule has 0 radical (unpaired) electrons. The molecule has 1 fully saturated rings. The number of anilines is 1. The predicted molar refractivity (Wildman–Crippen MR) is 72.5 cm³/mol. The first-order chi connectivity index (χ1) is 9.46. The Kier molecular flexibility index (Phi) is 3.05. The van der Waals surface area contributed by atoms with Gasteiger partial charge in [-0.3, -0.25) is 4.79 Å². The molecule has 108 valence electrons. The molecule has 1 spiro atoms. The molecule has 1 aromatic carbocycles. The van der Waals surface area contributed by atoms with Crippen molar-refractivity contribution in [3.8, 4) is 0 Å². The summed E-state index contributed by atoms with van der Waals surface area (Å²) in [5.74, 6) is -1.36. The van der Waals surface area contributed by atoms with Crippen LogP contribution in [0.1, 0.15) is 32.3 Å². The lowest BCUT2D eigenvalue weighted by Gasteiger charge is -2.42. The fraction of sp³-hybridized carbons (Fsp3) is 0.533. The Morgan fingerprint density at radius 2 is 2.10 bits per heavy atom. The van der Waals surface area contributed by atoms with E-state index in [1.165, 1.54) is 6.07 Å². The van der Waals surface area contributed by atoms with Crippen molar-refractivity contribution in [2.75, 3.05) is 11.9 Å². The van der Waals surface area contributed by atoms with Gasteiger partial charge in [0.15, 0.2) is 0 Å². The van der Waals surface area contributed by atoms with Crippen molar-refractivity contribution < 1.29 is 13.6 Å². The van der Waals surface area contributed by atoms with Gasteiger partial charge in [-0.1, -0.05) is 13.8 Å². The van der Waals surface area contributed by atoms with Crippen LogP contribution in [0.5, 0.6) is 0 Å². The lowest BCUT2D eigenvalue weighted by atomic mass is 9.66. The van der Waals surface area contributed by atoms with Gasteiger partial charge in [0.25, 0.3) is 0 Å². The first-order valence-electron chi connectivity index (χ1n) is 7.01.